The van der Waals surface area contributed by atoms with Gasteiger partial charge in [0, 0.05) is 49.8 Å². The first-order valence-corrected chi connectivity index (χ1v) is 11.2. The molecule has 0 N–H and O–H groups in total. The fraction of sp³-hybridized carbons (Fsp3) is 0.500. The maximum absolute atomic E-state index is 14.3. The monoisotopic (exact) mass is 439 g/mol. The molecule has 1 saturated heterocycles. The van der Waals surface area contributed by atoms with Crippen molar-refractivity contribution < 1.29 is 14.0 Å². The van der Waals surface area contributed by atoms with Gasteiger partial charge in [-0.15, -0.1) is 0 Å². The molecule has 8 heteroatoms. The third-order valence-corrected chi connectivity index (χ3v) is 6.37. The van der Waals surface area contributed by atoms with Crippen LogP contribution in [0.1, 0.15) is 47.8 Å². The molecule has 0 bridgehead atoms. The number of anilines is 1. The first-order valence-electron chi connectivity index (χ1n) is 11.2. The SMILES string of the molecule is Cc1nc(C2CCCN(CC(=O)N(C)C)C2)nc2c1CCC(=O)N2Cc1ccccc1F. The second-order valence-electron chi connectivity index (χ2n) is 8.90. The van der Waals surface area contributed by atoms with Crippen molar-refractivity contribution >= 4 is 17.6 Å². The third-order valence-electron chi connectivity index (χ3n) is 6.37. The van der Waals surface area contributed by atoms with Crippen LogP contribution in [0.4, 0.5) is 10.2 Å². The van der Waals surface area contributed by atoms with Crippen molar-refractivity contribution in [2.24, 2.45) is 0 Å². The van der Waals surface area contributed by atoms with Gasteiger partial charge < -0.3 is 4.90 Å². The quantitative estimate of drug-likeness (QED) is 0.717. The fourth-order valence-electron chi connectivity index (χ4n) is 4.49. The van der Waals surface area contributed by atoms with Crippen molar-refractivity contribution in [3.8, 4) is 0 Å². The number of carbonyl (C=O) groups is 2. The Labute approximate surface area is 188 Å². The number of piperidine rings is 1. The Balaban J connectivity index is 1.61. The normalized spacial score (nSPS) is 19.1. The molecule has 0 spiro atoms. The number of halogens is 1. The van der Waals surface area contributed by atoms with Crippen LogP contribution in [0.25, 0.3) is 0 Å². The first kappa shape index (κ1) is 22.3. The van der Waals surface area contributed by atoms with Gasteiger partial charge in [-0.3, -0.25) is 19.4 Å². The van der Waals surface area contributed by atoms with E-state index in [1.165, 1.54) is 6.07 Å². The van der Waals surface area contributed by atoms with E-state index in [4.69, 9.17) is 9.97 Å². The minimum Gasteiger partial charge on any atom is -0.348 e. The van der Waals surface area contributed by atoms with Crippen LogP contribution in [0.3, 0.4) is 0 Å². The maximum atomic E-state index is 14.3. The van der Waals surface area contributed by atoms with Gasteiger partial charge in [0.25, 0.3) is 0 Å². The van der Waals surface area contributed by atoms with E-state index in [1.54, 1.807) is 42.1 Å². The molecule has 1 aromatic heterocycles. The predicted octanol–water partition coefficient (Wildman–Crippen LogP) is 2.67. The highest BCUT2D eigenvalue weighted by atomic mass is 19.1. The molecule has 0 radical (unpaired) electrons. The van der Waals surface area contributed by atoms with E-state index in [2.05, 4.69) is 4.90 Å². The second kappa shape index (κ2) is 9.32. The molecule has 2 aliphatic heterocycles. The van der Waals surface area contributed by atoms with E-state index in [0.717, 1.165) is 30.6 Å². The number of aromatic nitrogens is 2. The third kappa shape index (κ3) is 4.65. The summed E-state index contributed by atoms with van der Waals surface area (Å²) in [5, 5.41) is 0. The summed E-state index contributed by atoms with van der Waals surface area (Å²) in [4.78, 5) is 40.0. The Morgan fingerprint density at radius 2 is 2.00 bits per heavy atom. The van der Waals surface area contributed by atoms with Gasteiger partial charge in [0.1, 0.15) is 17.5 Å². The van der Waals surface area contributed by atoms with Gasteiger partial charge in [0.05, 0.1) is 13.1 Å². The van der Waals surface area contributed by atoms with E-state index in [1.807, 2.05) is 6.92 Å². The zero-order valence-corrected chi connectivity index (χ0v) is 19.0. The minimum absolute atomic E-state index is 0.0494. The van der Waals surface area contributed by atoms with Crippen LogP contribution >= 0.6 is 0 Å². The van der Waals surface area contributed by atoms with Crippen molar-refractivity contribution in [2.75, 3.05) is 38.6 Å². The molecule has 32 heavy (non-hydrogen) atoms. The van der Waals surface area contributed by atoms with Crippen LogP contribution in [-0.2, 0) is 22.6 Å². The van der Waals surface area contributed by atoms with Crippen LogP contribution in [0.5, 0.6) is 0 Å². The lowest BCUT2D eigenvalue weighted by atomic mass is 9.95. The lowest BCUT2D eigenvalue weighted by molar-refractivity contribution is -0.130. The van der Waals surface area contributed by atoms with Gasteiger partial charge in [-0.25, -0.2) is 14.4 Å². The number of aryl methyl sites for hydroxylation is 1. The molecule has 7 nitrogen and oxygen atoms in total. The summed E-state index contributed by atoms with van der Waals surface area (Å²) in [6, 6.07) is 6.53. The number of hydrogen-bond donors (Lipinski definition) is 0. The van der Waals surface area contributed by atoms with Crippen molar-refractivity contribution in [1.29, 1.82) is 0 Å². The van der Waals surface area contributed by atoms with Crippen LogP contribution in [0, 0.1) is 12.7 Å². The molecule has 2 aromatic rings. The molecule has 1 unspecified atom stereocenters. The molecule has 4 rings (SSSR count). The number of likely N-dealkylation sites (N-methyl/N-ethyl adjacent to an activating group) is 1. The largest absolute Gasteiger partial charge is 0.348 e. The molecular formula is C24H30FN5O2. The average molecular weight is 440 g/mol. The van der Waals surface area contributed by atoms with Gasteiger partial charge in [-0.2, -0.15) is 0 Å². The standard InChI is InChI=1S/C24H30FN5O2/c1-16-19-10-11-21(31)30(14-17-7-4-5-9-20(17)25)24(19)27-23(26-16)18-8-6-12-29(13-18)15-22(32)28(2)3/h4-5,7,9,18H,6,8,10-15H2,1-3H3. The molecule has 0 aliphatic carbocycles. The fourth-order valence-corrected chi connectivity index (χ4v) is 4.49. The smallest absolute Gasteiger partial charge is 0.236 e. The Bertz CT molecular complexity index is 1030. The van der Waals surface area contributed by atoms with Crippen molar-refractivity contribution in [2.45, 2.75) is 45.1 Å². The van der Waals surface area contributed by atoms with E-state index in [9.17, 15) is 14.0 Å². The Morgan fingerprint density at radius 3 is 2.75 bits per heavy atom. The highest BCUT2D eigenvalue weighted by Crippen LogP contribution is 2.33. The van der Waals surface area contributed by atoms with E-state index >= 15 is 0 Å². The number of fused-ring (bicyclic) bond motifs is 1. The lowest BCUT2D eigenvalue weighted by Gasteiger charge is -2.34. The van der Waals surface area contributed by atoms with Crippen LogP contribution < -0.4 is 4.90 Å². The van der Waals surface area contributed by atoms with Crippen LogP contribution in [0.15, 0.2) is 24.3 Å². The van der Waals surface area contributed by atoms with E-state index in [0.29, 0.717) is 43.1 Å². The van der Waals surface area contributed by atoms with Gasteiger partial charge in [0.2, 0.25) is 11.8 Å². The summed E-state index contributed by atoms with van der Waals surface area (Å²) in [7, 11) is 3.53. The summed E-state index contributed by atoms with van der Waals surface area (Å²) < 4.78 is 14.3. The maximum Gasteiger partial charge on any atom is 0.236 e. The number of likely N-dealkylation sites (tertiary alicyclic amines) is 1. The molecule has 2 aliphatic rings. The topological polar surface area (TPSA) is 69.6 Å². The number of amides is 2. The molecule has 3 heterocycles. The van der Waals surface area contributed by atoms with Crippen molar-refractivity contribution in [3.63, 3.8) is 0 Å². The predicted molar refractivity (Wildman–Crippen MR) is 120 cm³/mol. The summed E-state index contributed by atoms with van der Waals surface area (Å²) in [6.07, 6.45) is 2.87. The number of nitrogens with zero attached hydrogens (tertiary/aromatic N) is 5. The first-order chi connectivity index (χ1) is 15.3. The molecule has 1 atom stereocenters. The molecule has 2 amide bonds. The summed E-state index contributed by atoms with van der Waals surface area (Å²) in [6.45, 7) is 4.07. The zero-order chi connectivity index (χ0) is 22.8. The van der Waals surface area contributed by atoms with Crippen LogP contribution in [-0.4, -0.2) is 65.3 Å². The summed E-state index contributed by atoms with van der Waals surface area (Å²) >= 11 is 0. The zero-order valence-electron chi connectivity index (χ0n) is 19.0. The average Bonchev–Trinajstić information content (AvgIpc) is 2.77. The van der Waals surface area contributed by atoms with Crippen molar-refractivity contribution in [3.05, 3.63) is 52.7 Å². The number of carbonyl (C=O) groups excluding carboxylic acids is 2. The summed E-state index contributed by atoms with van der Waals surface area (Å²) in [5.74, 6) is 1.11. The molecule has 0 saturated carbocycles. The van der Waals surface area contributed by atoms with Gasteiger partial charge in [-0.1, -0.05) is 18.2 Å². The van der Waals surface area contributed by atoms with Gasteiger partial charge >= 0.3 is 0 Å². The summed E-state index contributed by atoms with van der Waals surface area (Å²) in [5.41, 5.74) is 2.30. The Kier molecular flexibility index (Phi) is 6.50. The highest BCUT2D eigenvalue weighted by Gasteiger charge is 2.31. The molecule has 170 valence electrons. The number of benzene rings is 1. The van der Waals surface area contributed by atoms with E-state index < -0.39 is 0 Å². The lowest BCUT2D eigenvalue weighted by Crippen LogP contribution is -2.42. The molecule has 1 fully saturated rings. The van der Waals surface area contributed by atoms with Crippen molar-refractivity contribution in [1.82, 2.24) is 19.8 Å². The molecule has 1 aromatic carbocycles. The Hall–Kier alpha value is -2.87. The minimum atomic E-state index is -0.327. The van der Waals surface area contributed by atoms with Crippen LogP contribution in [0.2, 0.25) is 0 Å². The second-order valence-corrected chi connectivity index (χ2v) is 8.90. The highest BCUT2D eigenvalue weighted by molar-refractivity contribution is 5.95. The number of rotatable bonds is 5. The molecular weight excluding hydrogens is 409 g/mol. The number of hydrogen-bond acceptors (Lipinski definition) is 5. The van der Waals surface area contributed by atoms with Gasteiger partial charge in [0.15, 0.2) is 0 Å². The van der Waals surface area contributed by atoms with E-state index in [-0.39, 0.29) is 30.1 Å². The van der Waals surface area contributed by atoms with Gasteiger partial charge in [-0.05, 0) is 38.8 Å². The Morgan fingerprint density at radius 1 is 1.22 bits per heavy atom.